The minimum atomic E-state index is -0.330. The largest absolute Gasteiger partial charge is 0.488 e. The topological polar surface area (TPSA) is 58.6 Å². The first-order valence-corrected chi connectivity index (χ1v) is 9.79. The number of ether oxygens (including phenoxy) is 1. The van der Waals surface area contributed by atoms with Crippen LogP contribution in [-0.2, 0) is 11.4 Å². The van der Waals surface area contributed by atoms with E-state index in [1.54, 1.807) is 47.4 Å². The molecule has 4 rings (SSSR count). The van der Waals surface area contributed by atoms with Gasteiger partial charge in [-0.1, -0.05) is 36.4 Å². The first-order valence-electron chi connectivity index (χ1n) is 9.79. The zero-order chi connectivity index (χ0) is 20.9. The van der Waals surface area contributed by atoms with Crippen LogP contribution in [-0.4, -0.2) is 18.4 Å². The zero-order valence-corrected chi connectivity index (χ0v) is 16.3. The van der Waals surface area contributed by atoms with Crippen molar-refractivity contribution >= 4 is 23.2 Å². The predicted molar refractivity (Wildman–Crippen MR) is 113 cm³/mol. The van der Waals surface area contributed by atoms with Gasteiger partial charge in [0.25, 0.3) is 5.91 Å². The van der Waals surface area contributed by atoms with Crippen LogP contribution >= 0.6 is 0 Å². The summed E-state index contributed by atoms with van der Waals surface area (Å²) in [5.41, 5.74) is 2.44. The van der Waals surface area contributed by atoms with E-state index in [9.17, 15) is 14.0 Å². The molecule has 30 heavy (non-hydrogen) atoms. The van der Waals surface area contributed by atoms with Gasteiger partial charge < -0.3 is 15.0 Å². The summed E-state index contributed by atoms with van der Waals surface area (Å²) in [4.78, 5) is 26.8. The molecule has 3 aromatic carbocycles. The fraction of sp³-hybridized carbons (Fsp3) is 0.167. The van der Waals surface area contributed by atoms with E-state index in [0.717, 1.165) is 12.0 Å². The maximum atomic E-state index is 13.1. The van der Waals surface area contributed by atoms with Crippen LogP contribution in [0.1, 0.15) is 28.8 Å². The van der Waals surface area contributed by atoms with Crippen molar-refractivity contribution in [2.24, 2.45) is 0 Å². The van der Waals surface area contributed by atoms with Crippen LogP contribution in [0.5, 0.6) is 5.75 Å². The van der Waals surface area contributed by atoms with E-state index in [1.807, 2.05) is 18.2 Å². The molecule has 1 fully saturated rings. The minimum absolute atomic E-state index is 0.0553. The van der Waals surface area contributed by atoms with E-state index >= 15 is 0 Å². The average Bonchev–Trinajstić information content (AvgIpc) is 3.19. The van der Waals surface area contributed by atoms with Crippen LogP contribution in [0.2, 0.25) is 0 Å². The highest BCUT2D eigenvalue weighted by molar-refractivity contribution is 6.09. The van der Waals surface area contributed by atoms with E-state index in [4.69, 9.17) is 4.74 Å². The first-order chi connectivity index (χ1) is 14.6. The molecule has 6 heteroatoms. The predicted octanol–water partition coefficient (Wildman–Crippen LogP) is 4.78. The highest BCUT2D eigenvalue weighted by Gasteiger charge is 2.24. The summed E-state index contributed by atoms with van der Waals surface area (Å²) in [7, 11) is 0. The van der Waals surface area contributed by atoms with E-state index in [2.05, 4.69) is 5.32 Å². The summed E-state index contributed by atoms with van der Waals surface area (Å²) in [6, 6.07) is 20.2. The molecular weight excluding hydrogens is 383 g/mol. The van der Waals surface area contributed by atoms with Gasteiger partial charge in [0, 0.05) is 13.0 Å². The molecule has 1 saturated heterocycles. The molecule has 0 atom stereocenters. The Kier molecular flexibility index (Phi) is 5.75. The normalized spacial score (nSPS) is 13.4. The van der Waals surface area contributed by atoms with Gasteiger partial charge in [-0.3, -0.25) is 9.59 Å². The number of amides is 2. The number of anilines is 2. The molecule has 5 nitrogen and oxygen atoms in total. The molecule has 2 amide bonds. The number of benzene rings is 3. The molecule has 0 saturated carbocycles. The minimum Gasteiger partial charge on any atom is -0.488 e. The molecule has 0 spiro atoms. The molecule has 0 unspecified atom stereocenters. The molecule has 1 aliphatic heterocycles. The summed E-state index contributed by atoms with van der Waals surface area (Å²) in [6.45, 7) is 0.854. The molecular formula is C24H21FN2O3. The number of halogens is 1. The van der Waals surface area contributed by atoms with Gasteiger partial charge in [0.1, 0.15) is 18.2 Å². The van der Waals surface area contributed by atoms with Crippen LogP contribution in [0.15, 0.2) is 72.8 Å². The second-order valence-electron chi connectivity index (χ2n) is 7.03. The summed E-state index contributed by atoms with van der Waals surface area (Å²) < 4.78 is 18.9. The number of carbonyl (C=O) groups excluding carboxylic acids is 2. The van der Waals surface area contributed by atoms with Crippen molar-refractivity contribution in [1.29, 1.82) is 0 Å². The van der Waals surface area contributed by atoms with Gasteiger partial charge in [0.15, 0.2) is 0 Å². The summed E-state index contributed by atoms with van der Waals surface area (Å²) >= 11 is 0. The number of para-hydroxylation sites is 3. The number of hydrogen-bond acceptors (Lipinski definition) is 3. The summed E-state index contributed by atoms with van der Waals surface area (Å²) in [5.74, 6) is -0.161. The van der Waals surface area contributed by atoms with Crippen LogP contribution in [0.4, 0.5) is 15.8 Å². The van der Waals surface area contributed by atoms with Gasteiger partial charge in [-0.15, -0.1) is 0 Å². The molecule has 1 heterocycles. The molecule has 0 aliphatic carbocycles. The smallest absolute Gasteiger partial charge is 0.259 e. The Morgan fingerprint density at radius 3 is 2.50 bits per heavy atom. The second-order valence-corrected chi connectivity index (χ2v) is 7.03. The number of nitrogens with one attached hydrogen (secondary N) is 1. The monoisotopic (exact) mass is 404 g/mol. The van der Waals surface area contributed by atoms with E-state index in [0.29, 0.717) is 35.7 Å². The lowest BCUT2D eigenvalue weighted by molar-refractivity contribution is -0.117. The molecule has 0 bridgehead atoms. The lowest BCUT2D eigenvalue weighted by Crippen LogP contribution is -2.25. The highest BCUT2D eigenvalue weighted by atomic mass is 19.1. The lowest BCUT2D eigenvalue weighted by atomic mass is 10.1. The molecule has 1 N–H and O–H groups in total. The van der Waals surface area contributed by atoms with Crippen molar-refractivity contribution in [3.05, 3.63) is 89.7 Å². The lowest BCUT2D eigenvalue weighted by Gasteiger charge is -2.20. The molecule has 0 radical (unpaired) electrons. The number of rotatable bonds is 6. The Labute approximate surface area is 174 Å². The van der Waals surface area contributed by atoms with Crippen LogP contribution < -0.4 is 15.0 Å². The van der Waals surface area contributed by atoms with Gasteiger partial charge in [-0.25, -0.2) is 4.39 Å². The third-order valence-corrected chi connectivity index (χ3v) is 4.96. The van der Waals surface area contributed by atoms with Crippen LogP contribution in [0, 0.1) is 5.82 Å². The Hall–Kier alpha value is -3.67. The van der Waals surface area contributed by atoms with Gasteiger partial charge in [0.05, 0.1) is 16.9 Å². The highest BCUT2D eigenvalue weighted by Crippen LogP contribution is 2.30. The second kappa shape index (κ2) is 8.78. The van der Waals surface area contributed by atoms with Gasteiger partial charge >= 0.3 is 0 Å². The maximum absolute atomic E-state index is 13.1. The number of nitrogens with zero attached hydrogens (tertiary/aromatic N) is 1. The molecule has 1 aliphatic rings. The first kappa shape index (κ1) is 19.6. The Morgan fingerprint density at radius 2 is 1.73 bits per heavy atom. The Morgan fingerprint density at radius 1 is 1.00 bits per heavy atom. The van der Waals surface area contributed by atoms with Gasteiger partial charge in [-0.05, 0) is 48.4 Å². The number of hydrogen-bond donors (Lipinski definition) is 1. The van der Waals surface area contributed by atoms with Crippen LogP contribution in [0.25, 0.3) is 0 Å². The summed E-state index contributed by atoms with van der Waals surface area (Å²) in [5, 5.41) is 2.91. The Bertz CT molecular complexity index is 1070. The molecule has 152 valence electrons. The van der Waals surface area contributed by atoms with E-state index < -0.39 is 0 Å². The zero-order valence-electron chi connectivity index (χ0n) is 16.3. The average molecular weight is 404 g/mol. The van der Waals surface area contributed by atoms with Crippen molar-refractivity contribution < 1.29 is 18.7 Å². The standard InChI is InChI=1S/C24H21FN2O3/c25-18-13-11-17(12-14-18)16-30-22-9-4-1-6-19(22)24(29)26-20-7-2-3-8-21(20)27-15-5-10-23(27)28/h1-4,6-9,11-14H,5,10,15-16H2,(H,26,29). The Balaban J connectivity index is 1.52. The van der Waals surface area contributed by atoms with Crippen molar-refractivity contribution in [2.45, 2.75) is 19.4 Å². The van der Waals surface area contributed by atoms with Crippen molar-refractivity contribution in [3.8, 4) is 5.75 Å². The van der Waals surface area contributed by atoms with E-state index in [-0.39, 0.29) is 24.2 Å². The quantitative estimate of drug-likeness (QED) is 0.643. The fourth-order valence-corrected chi connectivity index (χ4v) is 3.43. The number of carbonyl (C=O) groups is 2. The van der Waals surface area contributed by atoms with Crippen LogP contribution in [0.3, 0.4) is 0 Å². The third kappa shape index (κ3) is 4.33. The third-order valence-electron chi connectivity index (χ3n) is 4.96. The fourth-order valence-electron chi connectivity index (χ4n) is 3.43. The van der Waals surface area contributed by atoms with Gasteiger partial charge in [-0.2, -0.15) is 0 Å². The molecule has 0 aromatic heterocycles. The van der Waals surface area contributed by atoms with Crippen molar-refractivity contribution in [1.82, 2.24) is 0 Å². The SMILES string of the molecule is O=C(Nc1ccccc1N1CCCC1=O)c1ccccc1OCc1ccc(F)cc1. The molecule has 3 aromatic rings. The van der Waals surface area contributed by atoms with E-state index in [1.165, 1.54) is 12.1 Å². The maximum Gasteiger partial charge on any atom is 0.259 e. The van der Waals surface area contributed by atoms with Gasteiger partial charge in [0.2, 0.25) is 5.91 Å². The van der Waals surface area contributed by atoms with Crippen molar-refractivity contribution in [2.75, 3.05) is 16.8 Å². The van der Waals surface area contributed by atoms with Crippen molar-refractivity contribution in [3.63, 3.8) is 0 Å². The summed E-state index contributed by atoms with van der Waals surface area (Å²) in [6.07, 6.45) is 1.32.